The second-order valence-corrected chi connectivity index (χ2v) is 7.13. The summed E-state index contributed by atoms with van der Waals surface area (Å²) in [4.78, 5) is 25.3. The number of nitrogens with one attached hydrogen (secondary N) is 3. The summed E-state index contributed by atoms with van der Waals surface area (Å²) in [6.45, 7) is 6.24. The minimum atomic E-state index is -0.557. The number of fused-ring (bicyclic) bond motifs is 1. The van der Waals surface area contributed by atoms with Gasteiger partial charge in [-0.15, -0.1) is 12.4 Å². The molecule has 6 heteroatoms. The van der Waals surface area contributed by atoms with Crippen molar-refractivity contribution in [3.63, 3.8) is 0 Å². The quantitative estimate of drug-likeness (QED) is 0.667. The molecule has 150 valence electrons. The van der Waals surface area contributed by atoms with Crippen molar-refractivity contribution in [2.45, 2.75) is 45.9 Å². The number of carbonyl (C=O) groups is 2. The average molecular weight is 402 g/mol. The maximum absolute atomic E-state index is 12.8. The second-order valence-electron chi connectivity index (χ2n) is 7.13. The Morgan fingerprint density at radius 1 is 1.07 bits per heavy atom. The summed E-state index contributed by atoms with van der Waals surface area (Å²) in [5, 5.41) is 9.21. The fourth-order valence-corrected chi connectivity index (χ4v) is 3.27. The van der Waals surface area contributed by atoms with Crippen molar-refractivity contribution in [3.05, 3.63) is 70.8 Å². The van der Waals surface area contributed by atoms with Crippen LogP contribution in [0.4, 0.5) is 0 Å². The first kappa shape index (κ1) is 21.9. The van der Waals surface area contributed by atoms with Gasteiger partial charge in [-0.2, -0.15) is 0 Å². The molecule has 0 aromatic heterocycles. The Hall–Kier alpha value is -2.37. The molecular weight excluding hydrogens is 374 g/mol. The molecule has 2 aromatic rings. The smallest absolute Gasteiger partial charge is 0.251 e. The Balaban J connectivity index is 0.00000280. The molecule has 1 heterocycles. The van der Waals surface area contributed by atoms with E-state index in [4.69, 9.17) is 0 Å². The first-order valence-electron chi connectivity index (χ1n) is 9.53. The summed E-state index contributed by atoms with van der Waals surface area (Å²) in [6.07, 6.45) is 0.803. The molecule has 1 aliphatic rings. The molecule has 28 heavy (non-hydrogen) atoms. The van der Waals surface area contributed by atoms with Crippen LogP contribution < -0.4 is 16.0 Å². The van der Waals surface area contributed by atoms with Gasteiger partial charge in [-0.25, -0.2) is 0 Å². The van der Waals surface area contributed by atoms with Crippen molar-refractivity contribution in [3.8, 4) is 0 Å². The van der Waals surface area contributed by atoms with E-state index in [0.717, 1.165) is 25.1 Å². The van der Waals surface area contributed by atoms with E-state index in [1.54, 1.807) is 12.1 Å². The standard InChI is InChI=1S/C22H27N3O2.ClH/c1-3-15(2)20(25-21(26)17-7-5-4-6-8-17)22(27)24-12-16-9-10-18-13-23-14-19(18)11-16;/h4-11,15,20,23H,3,12-14H2,1-2H3,(H,24,27)(H,25,26);1H. The maximum Gasteiger partial charge on any atom is 0.251 e. The van der Waals surface area contributed by atoms with Crippen LogP contribution in [0.2, 0.25) is 0 Å². The number of amides is 2. The zero-order valence-electron chi connectivity index (χ0n) is 16.3. The van der Waals surface area contributed by atoms with Crippen LogP contribution in [0, 0.1) is 5.92 Å². The highest BCUT2D eigenvalue weighted by atomic mass is 35.5. The number of hydrogen-bond acceptors (Lipinski definition) is 3. The molecule has 1 aliphatic heterocycles. The van der Waals surface area contributed by atoms with Crippen LogP contribution in [-0.4, -0.2) is 17.9 Å². The van der Waals surface area contributed by atoms with Crippen molar-refractivity contribution in [1.29, 1.82) is 0 Å². The monoisotopic (exact) mass is 401 g/mol. The third kappa shape index (κ3) is 5.33. The highest BCUT2D eigenvalue weighted by Gasteiger charge is 2.26. The molecule has 0 saturated carbocycles. The van der Waals surface area contributed by atoms with Gasteiger partial charge in [-0.3, -0.25) is 9.59 Å². The molecule has 0 bridgehead atoms. The van der Waals surface area contributed by atoms with Crippen molar-refractivity contribution >= 4 is 24.2 Å². The molecular formula is C22H28ClN3O2. The SMILES string of the molecule is CCC(C)C(NC(=O)c1ccccc1)C(=O)NCc1ccc2c(c1)CNC2.Cl. The molecule has 2 aromatic carbocycles. The fraction of sp³-hybridized carbons (Fsp3) is 0.364. The molecule has 0 saturated heterocycles. The van der Waals surface area contributed by atoms with Gasteiger partial charge in [0.15, 0.2) is 0 Å². The molecule has 0 spiro atoms. The molecule has 3 rings (SSSR count). The normalized spacial score (nSPS) is 14.4. The number of benzene rings is 2. The predicted molar refractivity (Wildman–Crippen MR) is 113 cm³/mol. The minimum absolute atomic E-state index is 0. The number of carbonyl (C=O) groups excluding carboxylic acids is 2. The Morgan fingerprint density at radius 3 is 2.50 bits per heavy atom. The van der Waals surface area contributed by atoms with Gasteiger partial charge in [0.1, 0.15) is 6.04 Å². The van der Waals surface area contributed by atoms with Crippen LogP contribution in [-0.2, 0) is 24.4 Å². The Labute approximate surface area is 172 Å². The molecule has 5 nitrogen and oxygen atoms in total. The summed E-state index contributed by atoms with van der Waals surface area (Å²) < 4.78 is 0. The molecule has 2 amide bonds. The molecule has 3 N–H and O–H groups in total. The summed E-state index contributed by atoms with van der Waals surface area (Å²) in [6, 6.07) is 14.7. The Kier molecular flexibility index (Phi) is 8.03. The minimum Gasteiger partial charge on any atom is -0.350 e. The van der Waals surface area contributed by atoms with E-state index >= 15 is 0 Å². The predicted octanol–water partition coefficient (Wildman–Crippen LogP) is 3.17. The van der Waals surface area contributed by atoms with Crippen LogP contribution in [0.25, 0.3) is 0 Å². The molecule has 0 radical (unpaired) electrons. The zero-order chi connectivity index (χ0) is 19.2. The van der Waals surface area contributed by atoms with Crippen molar-refractivity contribution in [2.24, 2.45) is 5.92 Å². The highest BCUT2D eigenvalue weighted by molar-refractivity contribution is 5.97. The van der Waals surface area contributed by atoms with Gasteiger partial charge in [0.2, 0.25) is 5.91 Å². The van der Waals surface area contributed by atoms with Gasteiger partial charge in [0.05, 0.1) is 0 Å². The van der Waals surface area contributed by atoms with Crippen molar-refractivity contribution in [2.75, 3.05) is 0 Å². The van der Waals surface area contributed by atoms with Gasteiger partial charge in [0.25, 0.3) is 5.91 Å². The van der Waals surface area contributed by atoms with Crippen molar-refractivity contribution in [1.82, 2.24) is 16.0 Å². The van der Waals surface area contributed by atoms with Gasteiger partial charge in [-0.05, 0) is 34.7 Å². The van der Waals surface area contributed by atoms with Gasteiger partial charge >= 0.3 is 0 Å². The molecule has 2 unspecified atom stereocenters. The van der Waals surface area contributed by atoms with Crippen LogP contribution in [0.5, 0.6) is 0 Å². The van der Waals surface area contributed by atoms with Crippen LogP contribution in [0.1, 0.15) is 47.3 Å². The van der Waals surface area contributed by atoms with E-state index in [1.807, 2.05) is 38.1 Å². The highest BCUT2D eigenvalue weighted by Crippen LogP contribution is 2.17. The van der Waals surface area contributed by atoms with Crippen LogP contribution >= 0.6 is 12.4 Å². The summed E-state index contributed by atoms with van der Waals surface area (Å²) in [7, 11) is 0. The van der Waals surface area contributed by atoms with Crippen LogP contribution in [0.3, 0.4) is 0 Å². The van der Waals surface area contributed by atoms with Gasteiger partial charge in [0, 0.05) is 25.2 Å². The molecule has 2 atom stereocenters. The fourth-order valence-electron chi connectivity index (χ4n) is 3.27. The lowest BCUT2D eigenvalue weighted by Gasteiger charge is -2.23. The van der Waals surface area contributed by atoms with E-state index < -0.39 is 6.04 Å². The van der Waals surface area contributed by atoms with Gasteiger partial charge in [-0.1, -0.05) is 56.7 Å². The van der Waals surface area contributed by atoms with E-state index in [1.165, 1.54) is 11.1 Å². The zero-order valence-corrected chi connectivity index (χ0v) is 17.1. The van der Waals surface area contributed by atoms with E-state index in [0.29, 0.717) is 12.1 Å². The average Bonchev–Trinajstić information content (AvgIpc) is 3.18. The van der Waals surface area contributed by atoms with Gasteiger partial charge < -0.3 is 16.0 Å². The topological polar surface area (TPSA) is 70.2 Å². The molecule has 0 aliphatic carbocycles. The Morgan fingerprint density at radius 2 is 1.79 bits per heavy atom. The van der Waals surface area contributed by atoms with E-state index in [9.17, 15) is 9.59 Å². The summed E-state index contributed by atoms with van der Waals surface area (Å²) in [5.41, 5.74) is 4.24. The van der Waals surface area contributed by atoms with Crippen LogP contribution in [0.15, 0.2) is 48.5 Å². The number of hydrogen-bond donors (Lipinski definition) is 3. The molecule has 0 fully saturated rings. The summed E-state index contributed by atoms with van der Waals surface area (Å²) in [5.74, 6) is -0.325. The first-order valence-corrected chi connectivity index (χ1v) is 9.53. The largest absolute Gasteiger partial charge is 0.350 e. The first-order chi connectivity index (χ1) is 13.1. The summed E-state index contributed by atoms with van der Waals surface area (Å²) >= 11 is 0. The Bertz CT molecular complexity index is 811. The number of halogens is 1. The third-order valence-electron chi connectivity index (χ3n) is 5.19. The van der Waals surface area contributed by atoms with Crippen molar-refractivity contribution < 1.29 is 9.59 Å². The maximum atomic E-state index is 12.8. The van der Waals surface area contributed by atoms with E-state index in [2.05, 4.69) is 28.1 Å². The lowest BCUT2D eigenvalue weighted by Crippen LogP contribution is -2.50. The third-order valence-corrected chi connectivity index (χ3v) is 5.19. The second kappa shape index (κ2) is 10.2. The van der Waals surface area contributed by atoms with E-state index in [-0.39, 0.29) is 30.1 Å². The lowest BCUT2D eigenvalue weighted by molar-refractivity contribution is -0.124. The lowest BCUT2D eigenvalue weighted by atomic mass is 9.97. The number of rotatable bonds is 7.